The molecule has 2 atom stereocenters. The van der Waals surface area contributed by atoms with E-state index in [-0.39, 0.29) is 24.4 Å². The number of amides is 1. The maximum atomic E-state index is 11.6. The van der Waals surface area contributed by atoms with Crippen LogP contribution in [0.3, 0.4) is 0 Å². The monoisotopic (exact) mass is 266 g/mol. The molecule has 0 fully saturated rings. The van der Waals surface area contributed by atoms with Gasteiger partial charge in [-0.15, -0.1) is 12.4 Å². The minimum atomic E-state index is -0.412. The number of carbonyl (C=O) groups is 1. The van der Waals surface area contributed by atoms with Gasteiger partial charge in [0.15, 0.2) is 0 Å². The lowest BCUT2D eigenvalue weighted by Gasteiger charge is -2.21. The maximum Gasteiger partial charge on any atom is 0.237 e. The Labute approximate surface area is 111 Å². The van der Waals surface area contributed by atoms with Crippen LogP contribution in [0.1, 0.15) is 34.1 Å². The zero-order valence-electron chi connectivity index (χ0n) is 11.5. The number of nitrogens with two attached hydrogens (primary N) is 1. The van der Waals surface area contributed by atoms with Crippen molar-refractivity contribution in [2.75, 3.05) is 13.7 Å². The van der Waals surface area contributed by atoms with Gasteiger partial charge in [0.1, 0.15) is 0 Å². The number of hydrogen-bond donors (Lipinski definition) is 2. The molecule has 1 unspecified atom stereocenters. The van der Waals surface area contributed by atoms with Crippen molar-refractivity contribution in [1.82, 2.24) is 5.32 Å². The zero-order chi connectivity index (χ0) is 12.7. The second-order valence-corrected chi connectivity index (χ2v) is 5.00. The molecule has 0 aliphatic rings. The molecular weight excluding hydrogens is 240 g/mol. The van der Waals surface area contributed by atoms with E-state index >= 15 is 0 Å². The topological polar surface area (TPSA) is 64.3 Å². The Balaban J connectivity index is 0. The van der Waals surface area contributed by atoms with Gasteiger partial charge in [-0.25, -0.2) is 0 Å². The molecule has 0 spiro atoms. The van der Waals surface area contributed by atoms with Crippen LogP contribution in [0.4, 0.5) is 0 Å². The molecule has 0 aliphatic carbocycles. The zero-order valence-corrected chi connectivity index (χ0v) is 12.3. The molecule has 0 aromatic rings. The molecule has 0 aromatic heterocycles. The average molecular weight is 267 g/mol. The Hall–Kier alpha value is -0.320. The van der Waals surface area contributed by atoms with E-state index in [4.69, 9.17) is 10.5 Å². The van der Waals surface area contributed by atoms with Gasteiger partial charge < -0.3 is 15.8 Å². The van der Waals surface area contributed by atoms with Crippen molar-refractivity contribution in [1.29, 1.82) is 0 Å². The third-order valence-electron chi connectivity index (χ3n) is 2.59. The Morgan fingerprint density at radius 3 is 2.18 bits per heavy atom. The summed E-state index contributed by atoms with van der Waals surface area (Å²) in [6.07, 6.45) is 0.765. The summed E-state index contributed by atoms with van der Waals surface area (Å²) in [7, 11) is 1.66. The number of halogens is 1. The first-order chi connectivity index (χ1) is 7.38. The maximum absolute atomic E-state index is 11.6. The van der Waals surface area contributed by atoms with Gasteiger partial charge in [0, 0.05) is 13.7 Å². The Bertz CT molecular complexity index is 211. The molecule has 104 valence electrons. The molecule has 0 heterocycles. The highest BCUT2D eigenvalue weighted by molar-refractivity contribution is 5.85. The van der Waals surface area contributed by atoms with Crippen LogP contribution < -0.4 is 11.1 Å². The van der Waals surface area contributed by atoms with Crippen molar-refractivity contribution in [3.05, 3.63) is 0 Å². The van der Waals surface area contributed by atoms with Gasteiger partial charge in [0.05, 0.1) is 12.1 Å². The lowest BCUT2D eigenvalue weighted by atomic mass is 10.0. The summed E-state index contributed by atoms with van der Waals surface area (Å²) >= 11 is 0. The lowest BCUT2D eigenvalue weighted by molar-refractivity contribution is -0.123. The predicted molar refractivity (Wildman–Crippen MR) is 73.3 cm³/mol. The van der Waals surface area contributed by atoms with Crippen molar-refractivity contribution in [3.63, 3.8) is 0 Å². The highest BCUT2D eigenvalue weighted by atomic mass is 35.5. The van der Waals surface area contributed by atoms with Crippen LogP contribution in [0.5, 0.6) is 0 Å². The van der Waals surface area contributed by atoms with Gasteiger partial charge in [-0.05, 0) is 18.3 Å². The van der Waals surface area contributed by atoms with Gasteiger partial charge in [0.25, 0.3) is 0 Å². The molecule has 0 aliphatic heterocycles. The number of hydrogen-bond acceptors (Lipinski definition) is 3. The molecule has 0 bridgehead atoms. The highest BCUT2D eigenvalue weighted by Gasteiger charge is 2.17. The van der Waals surface area contributed by atoms with Gasteiger partial charge in [-0.3, -0.25) is 4.79 Å². The molecule has 5 heteroatoms. The molecular formula is C12H27ClN2O2. The minimum absolute atomic E-state index is 0. The first-order valence-corrected chi connectivity index (χ1v) is 5.94. The normalized spacial score (nSPS) is 14.4. The van der Waals surface area contributed by atoms with Crippen LogP contribution in [-0.4, -0.2) is 31.7 Å². The Kier molecular flexibility index (Phi) is 10.8. The van der Waals surface area contributed by atoms with Crippen molar-refractivity contribution in [3.8, 4) is 0 Å². The van der Waals surface area contributed by atoms with Gasteiger partial charge in [-0.1, -0.05) is 27.7 Å². The number of nitrogens with one attached hydrogen (secondary N) is 1. The molecule has 0 aromatic carbocycles. The standard InChI is InChI=1S/C12H26N2O2.ClH/c1-8(2)6-10(13)12(15)14-7-11(16-5)9(3)4;/h8-11H,6-7,13H2,1-5H3,(H,14,15);1H/t10-,11?;/m0./s1. The van der Waals surface area contributed by atoms with Crippen LogP contribution in [0.15, 0.2) is 0 Å². The van der Waals surface area contributed by atoms with E-state index in [0.717, 1.165) is 0 Å². The van der Waals surface area contributed by atoms with Gasteiger partial charge >= 0.3 is 0 Å². The fourth-order valence-electron chi connectivity index (χ4n) is 1.54. The molecule has 0 rings (SSSR count). The molecule has 1 amide bonds. The molecule has 17 heavy (non-hydrogen) atoms. The van der Waals surface area contributed by atoms with Crippen molar-refractivity contribution < 1.29 is 9.53 Å². The summed E-state index contributed by atoms with van der Waals surface area (Å²) in [5.41, 5.74) is 5.77. The SMILES string of the molecule is COC(CNC(=O)[C@@H](N)CC(C)C)C(C)C.Cl. The van der Waals surface area contributed by atoms with E-state index in [1.54, 1.807) is 7.11 Å². The van der Waals surface area contributed by atoms with E-state index in [2.05, 4.69) is 33.0 Å². The van der Waals surface area contributed by atoms with Crippen LogP contribution in [0.2, 0.25) is 0 Å². The molecule has 0 saturated carbocycles. The summed E-state index contributed by atoms with van der Waals surface area (Å²) in [6.45, 7) is 8.76. The Morgan fingerprint density at radius 1 is 1.29 bits per heavy atom. The first-order valence-electron chi connectivity index (χ1n) is 5.94. The summed E-state index contributed by atoms with van der Waals surface area (Å²) < 4.78 is 5.27. The van der Waals surface area contributed by atoms with E-state index in [1.807, 2.05) is 0 Å². The molecule has 0 radical (unpaired) electrons. The van der Waals surface area contributed by atoms with E-state index in [1.165, 1.54) is 0 Å². The lowest BCUT2D eigenvalue weighted by Crippen LogP contribution is -2.45. The largest absolute Gasteiger partial charge is 0.379 e. The minimum Gasteiger partial charge on any atom is -0.379 e. The fraction of sp³-hybridized carbons (Fsp3) is 0.917. The van der Waals surface area contributed by atoms with Crippen LogP contribution >= 0.6 is 12.4 Å². The van der Waals surface area contributed by atoms with Crippen molar-refractivity contribution >= 4 is 18.3 Å². The van der Waals surface area contributed by atoms with Crippen molar-refractivity contribution in [2.24, 2.45) is 17.6 Å². The van der Waals surface area contributed by atoms with E-state index < -0.39 is 6.04 Å². The molecule has 4 nitrogen and oxygen atoms in total. The summed E-state index contributed by atoms with van der Waals surface area (Å²) in [4.78, 5) is 11.6. The first kappa shape index (κ1) is 19.0. The third-order valence-corrected chi connectivity index (χ3v) is 2.59. The van der Waals surface area contributed by atoms with E-state index in [0.29, 0.717) is 24.8 Å². The average Bonchev–Trinajstić information content (AvgIpc) is 2.16. The van der Waals surface area contributed by atoms with Gasteiger partial charge in [0.2, 0.25) is 5.91 Å². The second-order valence-electron chi connectivity index (χ2n) is 5.00. The smallest absolute Gasteiger partial charge is 0.237 e. The quantitative estimate of drug-likeness (QED) is 0.735. The fourth-order valence-corrected chi connectivity index (χ4v) is 1.54. The van der Waals surface area contributed by atoms with E-state index in [9.17, 15) is 4.79 Å². The molecule has 0 saturated heterocycles. The Morgan fingerprint density at radius 2 is 1.82 bits per heavy atom. The van der Waals surface area contributed by atoms with Gasteiger partial charge in [-0.2, -0.15) is 0 Å². The summed E-state index contributed by atoms with van der Waals surface area (Å²) in [6, 6.07) is -0.412. The number of rotatable bonds is 7. The van der Waals surface area contributed by atoms with Crippen LogP contribution in [0, 0.1) is 11.8 Å². The number of carbonyl (C=O) groups excluding carboxylic acids is 1. The van der Waals surface area contributed by atoms with Crippen molar-refractivity contribution in [2.45, 2.75) is 46.3 Å². The summed E-state index contributed by atoms with van der Waals surface area (Å²) in [5.74, 6) is 0.729. The number of methoxy groups -OCH3 is 1. The van der Waals surface area contributed by atoms with Crippen LogP contribution in [0.25, 0.3) is 0 Å². The third kappa shape index (κ3) is 8.41. The number of ether oxygens (including phenoxy) is 1. The predicted octanol–water partition coefficient (Wildman–Crippen LogP) is 1.57. The highest BCUT2D eigenvalue weighted by Crippen LogP contribution is 2.05. The molecule has 3 N–H and O–H groups in total. The second kappa shape index (κ2) is 9.68. The van der Waals surface area contributed by atoms with Crippen LogP contribution in [-0.2, 0) is 9.53 Å². The summed E-state index contributed by atoms with van der Waals surface area (Å²) in [5, 5.41) is 2.83.